The zero-order valence-corrected chi connectivity index (χ0v) is 14.5. The second-order valence-electron chi connectivity index (χ2n) is 6.02. The summed E-state index contributed by atoms with van der Waals surface area (Å²) in [6.07, 6.45) is -21.0. The van der Waals surface area contributed by atoms with Crippen molar-refractivity contribution in [2.45, 2.75) is 59.7 Å². The van der Waals surface area contributed by atoms with Gasteiger partial charge < -0.3 is 0 Å². The molecule has 0 unspecified atom stereocenters. The van der Waals surface area contributed by atoms with E-state index in [1.807, 2.05) is 0 Å². The zero-order chi connectivity index (χ0) is 28.4. The summed E-state index contributed by atoms with van der Waals surface area (Å²) in [7, 11) is 0. The van der Waals surface area contributed by atoms with Gasteiger partial charge in [0, 0.05) is 0 Å². The Labute approximate surface area is 170 Å². The molecule has 0 saturated heterocycles. The standard InChI is InChI=1S/C12H2F22/c13-3(14,5(17,18)7(21,22)9(25,26)11(29,30)31)1-2-4(15,16)6(19,20)8(23,24)10(27,28)12(32,33)34/h1-2H. The van der Waals surface area contributed by atoms with Crippen LogP contribution in [0.3, 0.4) is 0 Å². The quantitative estimate of drug-likeness (QED) is 0.209. The van der Waals surface area contributed by atoms with Crippen LogP contribution in [0.4, 0.5) is 96.6 Å². The van der Waals surface area contributed by atoms with Gasteiger partial charge in [0.2, 0.25) is 0 Å². The van der Waals surface area contributed by atoms with Gasteiger partial charge in [-0.3, -0.25) is 0 Å². The summed E-state index contributed by atoms with van der Waals surface area (Å²) in [5.74, 6) is -63.9. The van der Waals surface area contributed by atoms with E-state index in [4.69, 9.17) is 0 Å². The van der Waals surface area contributed by atoms with E-state index in [0.29, 0.717) is 0 Å². The molecule has 0 spiro atoms. The fraction of sp³-hybridized carbons (Fsp3) is 0.833. The Bertz CT molecular complexity index is 696. The average Bonchev–Trinajstić information content (AvgIpc) is 2.57. The van der Waals surface area contributed by atoms with Crippen LogP contribution in [0.2, 0.25) is 0 Å². The van der Waals surface area contributed by atoms with Crippen molar-refractivity contribution in [2.24, 2.45) is 0 Å². The first-order valence-electron chi connectivity index (χ1n) is 7.07. The Morgan fingerprint density at radius 1 is 0.235 bits per heavy atom. The van der Waals surface area contributed by atoms with Crippen molar-refractivity contribution in [3.63, 3.8) is 0 Å². The van der Waals surface area contributed by atoms with Gasteiger partial charge in [-0.1, -0.05) is 0 Å². The molecule has 34 heavy (non-hydrogen) atoms. The first-order valence-corrected chi connectivity index (χ1v) is 7.07. The summed E-state index contributed by atoms with van der Waals surface area (Å²) >= 11 is 0. The molecule has 0 aromatic rings. The maximum atomic E-state index is 13.1. The smallest absolute Gasteiger partial charge is 0.195 e. The number of halogens is 22. The predicted molar refractivity (Wildman–Crippen MR) is 60.8 cm³/mol. The highest BCUT2D eigenvalue weighted by Gasteiger charge is 2.88. The van der Waals surface area contributed by atoms with Crippen molar-refractivity contribution in [1.29, 1.82) is 0 Å². The molecule has 22 heteroatoms. The van der Waals surface area contributed by atoms with Gasteiger partial charge in [0.05, 0.1) is 0 Å². The normalized spacial score (nSPS) is 17.0. The van der Waals surface area contributed by atoms with E-state index in [0.717, 1.165) is 0 Å². The van der Waals surface area contributed by atoms with E-state index in [2.05, 4.69) is 0 Å². The molecule has 0 amide bonds. The highest BCUT2D eigenvalue weighted by atomic mass is 19.4. The highest BCUT2D eigenvalue weighted by Crippen LogP contribution is 2.60. The minimum Gasteiger partial charge on any atom is -0.195 e. The summed E-state index contributed by atoms with van der Waals surface area (Å²) in [5.41, 5.74) is 0. The number of hydrogen-bond acceptors (Lipinski definition) is 0. The van der Waals surface area contributed by atoms with Crippen LogP contribution in [0.1, 0.15) is 0 Å². The van der Waals surface area contributed by atoms with E-state index >= 15 is 0 Å². The summed E-state index contributed by atoms with van der Waals surface area (Å²) in [6, 6.07) is 0. The van der Waals surface area contributed by atoms with Crippen molar-refractivity contribution < 1.29 is 96.6 Å². The average molecular weight is 564 g/mol. The fourth-order valence-electron chi connectivity index (χ4n) is 1.59. The number of hydrogen-bond donors (Lipinski definition) is 0. The van der Waals surface area contributed by atoms with E-state index in [1.165, 1.54) is 0 Å². The van der Waals surface area contributed by atoms with Gasteiger partial charge in [0.1, 0.15) is 0 Å². The predicted octanol–water partition coefficient (Wildman–Crippen LogP) is 7.75. The summed E-state index contributed by atoms with van der Waals surface area (Å²) in [5, 5.41) is 0. The maximum Gasteiger partial charge on any atom is 0.460 e. The molecular formula is C12H2F22. The lowest BCUT2D eigenvalue weighted by atomic mass is 9.95. The van der Waals surface area contributed by atoms with Crippen LogP contribution in [-0.4, -0.2) is 59.7 Å². The van der Waals surface area contributed by atoms with Gasteiger partial charge in [0.25, 0.3) is 0 Å². The number of alkyl halides is 22. The van der Waals surface area contributed by atoms with Gasteiger partial charge in [0.15, 0.2) is 0 Å². The zero-order valence-electron chi connectivity index (χ0n) is 14.5. The molecule has 204 valence electrons. The van der Waals surface area contributed by atoms with Gasteiger partial charge in [-0.25, -0.2) is 0 Å². The second kappa shape index (κ2) is 7.85. The van der Waals surface area contributed by atoms with E-state index < -0.39 is 71.9 Å². The molecule has 0 heterocycles. The first-order chi connectivity index (χ1) is 14.2. The molecule has 0 aliphatic heterocycles. The lowest BCUT2D eigenvalue weighted by Crippen LogP contribution is -2.66. The molecule has 0 atom stereocenters. The topological polar surface area (TPSA) is 0 Å². The van der Waals surface area contributed by atoms with E-state index in [1.54, 1.807) is 0 Å². The SMILES string of the molecule is FC(F)(F)C(F)(F)C(F)(F)C(F)(F)C(F)(F)C=CC(F)(F)C(F)(F)C(F)(F)C(F)(F)C(F)(F)F. The lowest BCUT2D eigenvalue weighted by molar-refractivity contribution is -0.418. The summed E-state index contributed by atoms with van der Waals surface area (Å²) in [6.45, 7) is 0. The van der Waals surface area contributed by atoms with Crippen molar-refractivity contribution in [2.75, 3.05) is 0 Å². The Kier molecular flexibility index (Phi) is 7.44. The minimum absolute atomic E-state index is 2.79. The third-order valence-corrected chi connectivity index (χ3v) is 3.63. The minimum atomic E-state index is -8.27. The van der Waals surface area contributed by atoms with Crippen molar-refractivity contribution in [3.05, 3.63) is 12.2 Å². The Balaban J connectivity index is 6.57. The second-order valence-corrected chi connectivity index (χ2v) is 6.02. The van der Waals surface area contributed by atoms with Gasteiger partial charge >= 0.3 is 59.7 Å². The largest absolute Gasteiger partial charge is 0.460 e. The van der Waals surface area contributed by atoms with Crippen LogP contribution in [0.25, 0.3) is 0 Å². The van der Waals surface area contributed by atoms with Crippen LogP contribution in [0, 0.1) is 0 Å². The van der Waals surface area contributed by atoms with Gasteiger partial charge in [-0.05, 0) is 12.2 Å². The van der Waals surface area contributed by atoms with Crippen molar-refractivity contribution in [3.8, 4) is 0 Å². The third-order valence-electron chi connectivity index (χ3n) is 3.63. The lowest BCUT2D eigenvalue weighted by Gasteiger charge is -2.37. The van der Waals surface area contributed by atoms with Crippen LogP contribution < -0.4 is 0 Å². The Hall–Kier alpha value is -1.80. The molecule has 0 bridgehead atoms. The molecule has 0 N–H and O–H groups in total. The molecule has 0 aliphatic rings. The molecule has 0 aromatic carbocycles. The molecule has 0 fully saturated rings. The van der Waals surface area contributed by atoms with Gasteiger partial charge in [-0.15, -0.1) is 0 Å². The highest BCUT2D eigenvalue weighted by molar-refractivity contribution is 5.19. The van der Waals surface area contributed by atoms with Crippen LogP contribution >= 0.6 is 0 Å². The monoisotopic (exact) mass is 564 g/mol. The maximum absolute atomic E-state index is 13.1. The summed E-state index contributed by atoms with van der Waals surface area (Å²) in [4.78, 5) is 0. The van der Waals surface area contributed by atoms with E-state index in [9.17, 15) is 96.6 Å². The Morgan fingerprint density at radius 2 is 0.412 bits per heavy atom. The van der Waals surface area contributed by atoms with E-state index in [-0.39, 0.29) is 0 Å². The van der Waals surface area contributed by atoms with Crippen LogP contribution in [0.15, 0.2) is 12.2 Å². The van der Waals surface area contributed by atoms with Gasteiger partial charge in [-0.2, -0.15) is 96.6 Å². The molecule has 0 saturated carbocycles. The molecule has 0 nitrogen and oxygen atoms in total. The number of allylic oxidation sites excluding steroid dienone is 2. The molecular weight excluding hydrogens is 562 g/mol. The van der Waals surface area contributed by atoms with Crippen molar-refractivity contribution in [1.82, 2.24) is 0 Å². The fourth-order valence-corrected chi connectivity index (χ4v) is 1.59. The molecule has 0 aromatic heterocycles. The first kappa shape index (κ1) is 32.2. The van der Waals surface area contributed by atoms with Crippen LogP contribution in [0.5, 0.6) is 0 Å². The number of rotatable bonds is 8. The Morgan fingerprint density at radius 3 is 0.559 bits per heavy atom. The third kappa shape index (κ3) is 4.32. The molecule has 0 rings (SSSR count). The molecule has 0 aliphatic carbocycles. The molecule has 0 radical (unpaired) electrons. The van der Waals surface area contributed by atoms with Crippen LogP contribution in [-0.2, 0) is 0 Å². The van der Waals surface area contributed by atoms with Crippen molar-refractivity contribution >= 4 is 0 Å². The summed E-state index contributed by atoms with van der Waals surface area (Å²) < 4.78 is 277.